The second-order valence-corrected chi connectivity index (χ2v) is 7.43. The minimum Gasteiger partial charge on any atom is -0.468 e. The van der Waals surface area contributed by atoms with Crippen LogP contribution in [0, 0.1) is 10.1 Å². The summed E-state index contributed by atoms with van der Waals surface area (Å²) in [7, 11) is 1.26. The number of benzene rings is 2. The van der Waals surface area contributed by atoms with Crippen LogP contribution in [-0.2, 0) is 20.7 Å². The molecule has 0 spiro atoms. The molecular weight excluding hydrogens is 426 g/mol. The SMILES string of the molecule is COC(=O)[C@@H](N)Cc1ccc(Oc2ccc(C=C3SC(=O)NC3=O)cc2[N+](=O)[O-])cc1. The summed E-state index contributed by atoms with van der Waals surface area (Å²) in [5.41, 5.74) is 6.57. The van der Waals surface area contributed by atoms with E-state index in [1.807, 2.05) is 0 Å². The number of hydrogen-bond donors (Lipinski definition) is 2. The van der Waals surface area contributed by atoms with Crippen LogP contribution in [0.2, 0.25) is 0 Å². The van der Waals surface area contributed by atoms with Crippen LogP contribution in [-0.4, -0.2) is 35.2 Å². The first kappa shape index (κ1) is 22.0. The summed E-state index contributed by atoms with van der Waals surface area (Å²) in [6, 6.07) is 9.98. The molecular formula is C20H17N3O7S. The molecule has 2 amide bonds. The van der Waals surface area contributed by atoms with Crippen molar-refractivity contribution in [3.63, 3.8) is 0 Å². The number of carbonyl (C=O) groups is 3. The summed E-state index contributed by atoms with van der Waals surface area (Å²) in [5, 5.41) is 13.1. The Morgan fingerprint density at radius 3 is 2.55 bits per heavy atom. The van der Waals surface area contributed by atoms with Gasteiger partial charge in [-0.3, -0.25) is 29.8 Å². The molecule has 1 saturated heterocycles. The van der Waals surface area contributed by atoms with Crippen LogP contribution in [0.4, 0.5) is 10.5 Å². The predicted octanol–water partition coefficient (Wildman–Crippen LogP) is 2.75. The molecule has 11 heteroatoms. The van der Waals surface area contributed by atoms with Gasteiger partial charge in [-0.2, -0.15) is 0 Å². The lowest BCUT2D eigenvalue weighted by Crippen LogP contribution is -2.33. The van der Waals surface area contributed by atoms with Crippen LogP contribution < -0.4 is 15.8 Å². The van der Waals surface area contributed by atoms with Crippen LogP contribution in [0.1, 0.15) is 11.1 Å². The maximum absolute atomic E-state index is 11.7. The molecule has 1 fully saturated rings. The van der Waals surface area contributed by atoms with Gasteiger partial charge in [0.2, 0.25) is 5.75 Å². The Morgan fingerprint density at radius 2 is 1.97 bits per heavy atom. The van der Waals surface area contributed by atoms with Gasteiger partial charge in [0.15, 0.2) is 0 Å². The van der Waals surface area contributed by atoms with Gasteiger partial charge in [-0.15, -0.1) is 0 Å². The van der Waals surface area contributed by atoms with Gasteiger partial charge >= 0.3 is 11.7 Å². The van der Waals surface area contributed by atoms with Crippen molar-refractivity contribution in [2.75, 3.05) is 7.11 Å². The Kier molecular flexibility index (Phi) is 6.68. The molecule has 0 saturated carbocycles. The summed E-state index contributed by atoms with van der Waals surface area (Å²) in [6.45, 7) is 0. The second kappa shape index (κ2) is 9.41. The third kappa shape index (κ3) is 5.47. The molecule has 2 aromatic rings. The standard InChI is InChI=1S/C20H17N3O7S/c1-29-19(25)14(21)8-11-2-5-13(6-3-11)30-16-7-4-12(9-15(16)23(27)28)10-17-18(24)22-20(26)31-17/h2-7,9-10,14H,8,21H2,1H3,(H,22,24,26)/t14-/m0/s1. The average molecular weight is 443 g/mol. The molecule has 1 heterocycles. The molecule has 0 bridgehead atoms. The fourth-order valence-electron chi connectivity index (χ4n) is 2.73. The molecule has 31 heavy (non-hydrogen) atoms. The summed E-state index contributed by atoms with van der Waals surface area (Å²) in [4.78, 5) is 45.4. The zero-order chi connectivity index (χ0) is 22.5. The number of hydrogen-bond acceptors (Lipinski definition) is 9. The molecule has 1 aliphatic heterocycles. The lowest BCUT2D eigenvalue weighted by Gasteiger charge is -2.10. The molecule has 3 N–H and O–H groups in total. The van der Waals surface area contributed by atoms with E-state index >= 15 is 0 Å². The van der Waals surface area contributed by atoms with Crippen molar-refractivity contribution < 1.29 is 28.8 Å². The summed E-state index contributed by atoms with van der Waals surface area (Å²) < 4.78 is 10.2. The Bertz CT molecular complexity index is 1080. The van der Waals surface area contributed by atoms with Crippen LogP contribution in [0.15, 0.2) is 47.4 Å². The van der Waals surface area contributed by atoms with Crippen LogP contribution in [0.25, 0.3) is 6.08 Å². The number of nitrogens with zero attached hydrogens (tertiary/aromatic N) is 1. The van der Waals surface area contributed by atoms with Gasteiger partial charge in [-0.25, -0.2) is 0 Å². The number of imide groups is 1. The Balaban J connectivity index is 1.77. The number of nitro benzene ring substituents is 1. The molecule has 3 rings (SSSR count). The number of amides is 2. The summed E-state index contributed by atoms with van der Waals surface area (Å²) in [6.07, 6.45) is 1.66. The highest BCUT2D eigenvalue weighted by Gasteiger charge is 2.25. The molecule has 0 aromatic heterocycles. The largest absolute Gasteiger partial charge is 0.468 e. The number of methoxy groups -OCH3 is 1. The number of thioether (sulfide) groups is 1. The first-order chi connectivity index (χ1) is 14.8. The van der Waals surface area contributed by atoms with Gasteiger partial charge < -0.3 is 15.2 Å². The fraction of sp³-hybridized carbons (Fsp3) is 0.150. The fourth-order valence-corrected chi connectivity index (χ4v) is 3.42. The normalized spacial score (nSPS) is 15.5. The number of esters is 1. The van der Waals surface area contributed by atoms with E-state index in [1.54, 1.807) is 24.3 Å². The van der Waals surface area contributed by atoms with Crippen molar-refractivity contribution in [3.8, 4) is 11.5 Å². The highest BCUT2D eigenvalue weighted by atomic mass is 32.2. The highest BCUT2D eigenvalue weighted by molar-refractivity contribution is 8.18. The number of nitrogens with two attached hydrogens (primary N) is 1. The molecule has 1 atom stereocenters. The zero-order valence-corrected chi connectivity index (χ0v) is 17.0. The minimum absolute atomic E-state index is 0.00534. The number of nitro groups is 1. The Morgan fingerprint density at radius 1 is 1.26 bits per heavy atom. The van der Waals surface area contributed by atoms with Gasteiger partial charge in [0, 0.05) is 6.07 Å². The van der Waals surface area contributed by atoms with Crippen LogP contribution in [0.5, 0.6) is 11.5 Å². The molecule has 1 aliphatic rings. The molecule has 0 radical (unpaired) electrons. The number of nitrogens with one attached hydrogen (secondary N) is 1. The van der Waals surface area contributed by atoms with E-state index in [2.05, 4.69) is 10.1 Å². The monoisotopic (exact) mass is 443 g/mol. The van der Waals surface area contributed by atoms with Crippen molar-refractivity contribution >= 4 is 40.6 Å². The van der Waals surface area contributed by atoms with Crippen molar-refractivity contribution in [2.45, 2.75) is 12.5 Å². The molecule has 0 unspecified atom stereocenters. The van der Waals surface area contributed by atoms with Crippen molar-refractivity contribution in [3.05, 3.63) is 68.6 Å². The van der Waals surface area contributed by atoms with E-state index in [0.29, 0.717) is 11.3 Å². The maximum atomic E-state index is 11.7. The summed E-state index contributed by atoms with van der Waals surface area (Å²) >= 11 is 0.721. The van der Waals surface area contributed by atoms with Gasteiger partial charge in [0.1, 0.15) is 11.8 Å². The van der Waals surface area contributed by atoms with Crippen LogP contribution in [0.3, 0.4) is 0 Å². The van der Waals surface area contributed by atoms with Crippen LogP contribution >= 0.6 is 11.8 Å². The highest BCUT2D eigenvalue weighted by Crippen LogP contribution is 2.34. The maximum Gasteiger partial charge on any atom is 0.322 e. The van der Waals surface area contributed by atoms with E-state index in [4.69, 9.17) is 10.5 Å². The van der Waals surface area contributed by atoms with Gasteiger partial charge in [0.25, 0.3) is 11.1 Å². The van der Waals surface area contributed by atoms with E-state index in [-0.39, 0.29) is 22.8 Å². The van der Waals surface area contributed by atoms with Gasteiger partial charge in [-0.1, -0.05) is 18.2 Å². The first-order valence-corrected chi connectivity index (χ1v) is 9.72. The van der Waals surface area contributed by atoms with Gasteiger partial charge in [0.05, 0.1) is 16.9 Å². The average Bonchev–Trinajstić information content (AvgIpc) is 3.06. The quantitative estimate of drug-likeness (QED) is 0.285. The lowest BCUT2D eigenvalue weighted by atomic mass is 10.1. The molecule has 2 aromatic carbocycles. The molecule has 10 nitrogen and oxygen atoms in total. The van der Waals surface area contributed by atoms with E-state index < -0.39 is 28.1 Å². The number of carbonyl (C=O) groups excluding carboxylic acids is 3. The number of rotatable bonds is 7. The van der Waals surface area contributed by atoms with E-state index in [9.17, 15) is 24.5 Å². The topological polar surface area (TPSA) is 151 Å². The third-order valence-corrected chi connectivity index (χ3v) is 5.04. The molecule has 160 valence electrons. The van der Waals surface area contributed by atoms with E-state index in [1.165, 1.54) is 31.4 Å². The molecule has 0 aliphatic carbocycles. The van der Waals surface area contributed by atoms with Crippen molar-refractivity contribution in [2.24, 2.45) is 5.73 Å². The van der Waals surface area contributed by atoms with Crippen molar-refractivity contribution in [1.29, 1.82) is 0 Å². The second-order valence-electron chi connectivity index (χ2n) is 6.42. The smallest absolute Gasteiger partial charge is 0.322 e. The van der Waals surface area contributed by atoms with Gasteiger partial charge in [-0.05, 0) is 53.6 Å². The third-order valence-electron chi connectivity index (χ3n) is 4.23. The zero-order valence-electron chi connectivity index (χ0n) is 16.2. The van der Waals surface area contributed by atoms with E-state index in [0.717, 1.165) is 17.3 Å². The Labute approximate surface area is 180 Å². The lowest BCUT2D eigenvalue weighted by molar-refractivity contribution is -0.385. The minimum atomic E-state index is -0.796. The van der Waals surface area contributed by atoms with Crippen molar-refractivity contribution in [1.82, 2.24) is 5.32 Å². The Hall–Kier alpha value is -3.70. The first-order valence-electron chi connectivity index (χ1n) is 8.90. The predicted molar refractivity (Wildman–Crippen MR) is 112 cm³/mol. The number of ether oxygens (including phenoxy) is 2. The summed E-state index contributed by atoms with van der Waals surface area (Å²) in [5.74, 6) is -0.722.